The second-order valence-electron chi connectivity index (χ2n) is 4.33. The second kappa shape index (κ2) is 5.75. The summed E-state index contributed by atoms with van der Waals surface area (Å²) in [7, 11) is 0. The molecule has 0 fully saturated rings. The predicted molar refractivity (Wildman–Crippen MR) is 80.6 cm³/mol. The zero-order valence-corrected chi connectivity index (χ0v) is 11.4. The van der Waals surface area contributed by atoms with Crippen molar-refractivity contribution >= 4 is 17.3 Å². The van der Waals surface area contributed by atoms with Gasteiger partial charge in [-0.25, -0.2) is 4.98 Å². The van der Waals surface area contributed by atoms with Crippen molar-refractivity contribution in [2.75, 3.05) is 5.32 Å². The first-order chi connectivity index (χ1) is 9.81. The Hall–Kier alpha value is -2.33. The van der Waals surface area contributed by atoms with Gasteiger partial charge in [0.1, 0.15) is 5.82 Å². The van der Waals surface area contributed by atoms with Crippen LogP contribution in [0.15, 0.2) is 54.6 Å². The van der Waals surface area contributed by atoms with Crippen LogP contribution in [0.25, 0.3) is 11.4 Å². The van der Waals surface area contributed by atoms with E-state index in [1.54, 1.807) is 0 Å². The third-order valence-corrected chi connectivity index (χ3v) is 3.12. The molecule has 0 saturated heterocycles. The number of H-pyrrole nitrogens is 1. The number of aromatic nitrogens is 3. The number of rotatable bonds is 4. The van der Waals surface area contributed by atoms with E-state index in [0.717, 1.165) is 22.1 Å². The predicted octanol–water partition coefficient (Wildman–Crippen LogP) is 3.74. The topological polar surface area (TPSA) is 53.6 Å². The fourth-order valence-corrected chi connectivity index (χ4v) is 1.97. The number of hydrogen-bond acceptors (Lipinski definition) is 3. The molecule has 0 bridgehead atoms. The van der Waals surface area contributed by atoms with Gasteiger partial charge in [0.15, 0.2) is 5.82 Å². The molecule has 0 atom stereocenters. The SMILES string of the molecule is Clc1ccc(NCc2nc(-c3ccccc3)n[nH]2)cc1. The van der Waals surface area contributed by atoms with E-state index < -0.39 is 0 Å². The Balaban J connectivity index is 1.67. The number of nitrogens with one attached hydrogen (secondary N) is 2. The van der Waals surface area contributed by atoms with Crippen LogP contribution in [0.5, 0.6) is 0 Å². The molecule has 0 aliphatic rings. The average Bonchev–Trinajstić information content (AvgIpc) is 2.97. The summed E-state index contributed by atoms with van der Waals surface area (Å²) < 4.78 is 0. The maximum atomic E-state index is 5.84. The van der Waals surface area contributed by atoms with E-state index in [2.05, 4.69) is 20.5 Å². The largest absolute Gasteiger partial charge is 0.378 e. The number of anilines is 1. The summed E-state index contributed by atoms with van der Waals surface area (Å²) in [5.74, 6) is 1.50. The first-order valence-corrected chi connectivity index (χ1v) is 6.65. The van der Waals surface area contributed by atoms with Gasteiger partial charge in [-0.2, -0.15) is 5.10 Å². The molecule has 5 heteroatoms. The van der Waals surface area contributed by atoms with Crippen molar-refractivity contribution in [1.82, 2.24) is 15.2 Å². The third kappa shape index (κ3) is 2.97. The molecule has 1 aromatic heterocycles. The number of aromatic amines is 1. The van der Waals surface area contributed by atoms with E-state index in [0.29, 0.717) is 12.4 Å². The molecule has 3 aromatic rings. The molecule has 0 spiro atoms. The van der Waals surface area contributed by atoms with Crippen LogP contribution in [0.3, 0.4) is 0 Å². The molecular formula is C15H13ClN4. The zero-order chi connectivity index (χ0) is 13.8. The second-order valence-corrected chi connectivity index (χ2v) is 4.77. The average molecular weight is 285 g/mol. The Morgan fingerprint density at radius 2 is 1.75 bits per heavy atom. The van der Waals surface area contributed by atoms with Crippen LogP contribution in [-0.4, -0.2) is 15.2 Å². The minimum absolute atomic E-state index is 0.585. The highest BCUT2D eigenvalue weighted by Crippen LogP contribution is 2.15. The van der Waals surface area contributed by atoms with Crippen molar-refractivity contribution in [3.63, 3.8) is 0 Å². The van der Waals surface area contributed by atoms with E-state index in [9.17, 15) is 0 Å². The highest BCUT2D eigenvalue weighted by molar-refractivity contribution is 6.30. The smallest absolute Gasteiger partial charge is 0.181 e. The summed E-state index contributed by atoms with van der Waals surface area (Å²) in [5.41, 5.74) is 1.99. The van der Waals surface area contributed by atoms with E-state index in [4.69, 9.17) is 11.6 Å². The van der Waals surface area contributed by atoms with Gasteiger partial charge in [0.05, 0.1) is 6.54 Å². The molecule has 1 heterocycles. The van der Waals surface area contributed by atoms with Gasteiger partial charge >= 0.3 is 0 Å². The van der Waals surface area contributed by atoms with E-state index in [1.807, 2.05) is 54.6 Å². The summed E-state index contributed by atoms with van der Waals surface area (Å²) in [6.07, 6.45) is 0. The van der Waals surface area contributed by atoms with Crippen molar-refractivity contribution in [2.45, 2.75) is 6.54 Å². The number of benzene rings is 2. The fraction of sp³-hybridized carbons (Fsp3) is 0.0667. The first kappa shape index (κ1) is 12.7. The molecule has 0 unspecified atom stereocenters. The van der Waals surface area contributed by atoms with Crippen molar-refractivity contribution < 1.29 is 0 Å². The summed E-state index contributed by atoms with van der Waals surface area (Å²) in [6.45, 7) is 0.585. The van der Waals surface area contributed by atoms with Crippen LogP contribution in [0.4, 0.5) is 5.69 Å². The van der Waals surface area contributed by atoms with Gasteiger partial charge in [0.2, 0.25) is 0 Å². The minimum Gasteiger partial charge on any atom is -0.378 e. The molecule has 0 amide bonds. The summed E-state index contributed by atoms with van der Waals surface area (Å²) in [4.78, 5) is 4.46. The lowest BCUT2D eigenvalue weighted by Gasteiger charge is -2.03. The van der Waals surface area contributed by atoms with E-state index in [1.165, 1.54) is 0 Å². The van der Waals surface area contributed by atoms with Gasteiger partial charge in [0, 0.05) is 16.3 Å². The van der Waals surface area contributed by atoms with Crippen LogP contribution in [0.2, 0.25) is 5.02 Å². The monoisotopic (exact) mass is 284 g/mol. The quantitative estimate of drug-likeness (QED) is 0.767. The lowest BCUT2D eigenvalue weighted by molar-refractivity contribution is 0.955. The lowest BCUT2D eigenvalue weighted by atomic mass is 10.2. The number of hydrogen-bond donors (Lipinski definition) is 2. The number of halogens is 1. The molecule has 2 N–H and O–H groups in total. The Bertz CT molecular complexity index is 677. The van der Waals surface area contributed by atoms with Crippen LogP contribution in [0, 0.1) is 0 Å². The molecule has 2 aromatic carbocycles. The Kier molecular flexibility index (Phi) is 3.65. The molecule has 0 saturated carbocycles. The summed E-state index contributed by atoms with van der Waals surface area (Å²) in [5, 5.41) is 11.1. The van der Waals surface area contributed by atoms with Crippen LogP contribution in [-0.2, 0) is 6.54 Å². The third-order valence-electron chi connectivity index (χ3n) is 2.87. The molecule has 0 aliphatic heterocycles. The van der Waals surface area contributed by atoms with Crippen LogP contribution in [0.1, 0.15) is 5.82 Å². The van der Waals surface area contributed by atoms with E-state index in [-0.39, 0.29) is 0 Å². The van der Waals surface area contributed by atoms with Gasteiger partial charge in [-0.3, -0.25) is 5.10 Å². The van der Waals surface area contributed by atoms with Gasteiger partial charge in [-0.15, -0.1) is 0 Å². The Morgan fingerprint density at radius 3 is 2.50 bits per heavy atom. The highest BCUT2D eigenvalue weighted by atomic mass is 35.5. The fourth-order valence-electron chi connectivity index (χ4n) is 1.84. The molecule has 0 aliphatic carbocycles. The highest BCUT2D eigenvalue weighted by Gasteiger charge is 2.04. The first-order valence-electron chi connectivity index (χ1n) is 6.27. The Morgan fingerprint density at radius 1 is 1.00 bits per heavy atom. The standard InChI is InChI=1S/C15H13ClN4/c16-12-6-8-13(9-7-12)17-10-14-18-15(20-19-14)11-4-2-1-3-5-11/h1-9,17H,10H2,(H,18,19,20). The lowest BCUT2D eigenvalue weighted by Crippen LogP contribution is -2.00. The minimum atomic E-state index is 0.585. The van der Waals surface area contributed by atoms with Crippen LogP contribution >= 0.6 is 11.6 Å². The molecule has 20 heavy (non-hydrogen) atoms. The van der Waals surface area contributed by atoms with Gasteiger partial charge in [-0.1, -0.05) is 41.9 Å². The normalized spacial score (nSPS) is 10.4. The maximum Gasteiger partial charge on any atom is 0.181 e. The zero-order valence-electron chi connectivity index (χ0n) is 10.7. The van der Waals surface area contributed by atoms with Crippen molar-refractivity contribution in [1.29, 1.82) is 0 Å². The summed E-state index contributed by atoms with van der Waals surface area (Å²) in [6, 6.07) is 17.4. The van der Waals surface area contributed by atoms with Crippen molar-refractivity contribution in [3.05, 3.63) is 65.4 Å². The Labute approximate surface area is 121 Å². The van der Waals surface area contributed by atoms with E-state index >= 15 is 0 Å². The van der Waals surface area contributed by atoms with Crippen molar-refractivity contribution in [3.8, 4) is 11.4 Å². The van der Waals surface area contributed by atoms with Crippen LogP contribution < -0.4 is 5.32 Å². The molecule has 100 valence electrons. The summed E-state index contributed by atoms with van der Waals surface area (Å²) >= 11 is 5.84. The van der Waals surface area contributed by atoms with Gasteiger partial charge in [0.25, 0.3) is 0 Å². The van der Waals surface area contributed by atoms with Gasteiger partial charge in [-0.05, 0) is 24.3 Å². The molecule has 4 nitrogen and oxygen atoms in total. The molecule has 3 rings (SSSR count). The van der Waals surface area contributed by atoms with Crippen molar-refractivity contribution in [2.24, 2.45) is 0 Å². The molecular weight excluding hydrogens is 272 g/mol. The van der Waals surface area contributed by atoms with Gasteiger partial charge < -0.3 is 5.32 Å². The number of nitrogens with zero attached hydrogens (tertiary/aromatic N) is 2. The molecule has 0 radical (unpaired) electrons. The maximum absolute atomic E-state index is 5.84.